The molecule has 0 aliphatic carbocycles. The van der Waals surface area contributed by atoms with Crippen molar-refractivity contribution in [3.05, 3.63) is 59.7 Å². The van der Waals surface area contributed by atoms with E-state index in [1.807, 2.05) is 24.3 Å². The summed E-state index contributed by atoms with van der Waals surface area (Å²) in [4.78, 5) is 12.5. The third kappa shape index (κ3) is 3.85. The third-order valence-electron chi connectivity index (χ3n) is 4.31. The highest BCUT2D eigenvalue weighted by atomic mass is 32.2. The van der Waals surface area contributed by atoms with Crippen molar-refractivity contribution >= 4 is 27.3 Å². The summed E-state index contributed by atoms with van der Waals surface area (Å²) in [5.74, 6) is 0.283. The smallest absolute Gasteiger partial charge is 0.255 e. The van der Waals surface area contributed by atoms with Gasteiger partial charge in [-0.15, -0.1) is 0 Å². The van der Waals surface area contributed by atoms with Crippen molar-refractivity contribution in [1.82, 2.24) is 0 Å². The van der Waals surface area contributed by atoms with Crippen molar-refractivity contribution in [2.24, 2.45) is 0 Å². The molecule has 1 amide bonds. The summed E-state index contributed by atoms with van der Waals surface area (Å²) in [5.41, 5.74) is 2.86. The first-order valence-electron chi connectivity index (χ1n) is 8.38. The van der Waals surface area contributed by atoms with Crippen molar-refractivity contribution in [1.29, 1.82) is 0 Å². The molecule has 0 spiro atoms. The molecule has 1 aliphatic rings. The predicted molar refractivity (Wildman–Crippen MR) is 101 cm³/mol. The SMILES string of the molecule is CC(C)c1cccc(NC(=O)c2cccc(N3CCCS3(=O)=O)c2)c1. The molecular weight excluding hydrogens is 336 g/mol. The second-order valence-corrected chi connectivity index (χ2v) is 8.54. The minimum atomic E-state index is -3.26. The normalized spacial score (nSPS) is 16.2. The lowest BCUT2D eigenvalue weighted by Gasteiger charge is -2.17. The highest BCUT2D eigenvalue weighted by molar-refractivity contribution is 7.93. The molecule has 0 unspecified atom stereocenters. The Balaban J connectivity index is 1.81. The van der Waals surface area contributed by atoms with E-state index in [1.54, 1.807) is 24.3 Å². The Bertz CT molecular complexity index is 891. The van der Waals surface area contributed by atoms with Crippen LogP contribution < -0.4 is 9.62 Å². The summed E-state index contributed by atoms with van der Waals surface area (Å²) in [6, 6.07) is 14.5. The second-order valence-electron chi connectivity index (χ2n) is 6.53. The molecule has 132 valence electrons. The number of sulfonamides is 1. The maximum atomic E-state index is 12.5. The van der Waals surface area contributed by atoms with Crippen LogP contribution in [0.1, 0.15) is 42.1 Å². The number of carbonyl (C=O) groups is 1. The first-order chi connectivity index (χ1) is 11.9. The van der Waals surface area contributed by atoms with Gasteiger partial charge in [-0.2, -0.15) is 0 Å². The summed E-state index contributed by atoms with van der Waals surface area (Å²) >= 11 is 0. The van der Waals surface area contributed by atoms with Gasteiger partial charge < -0.3 is 5.32 Å². The van der Waals surface area contributed by atoms with Crippen LogP contribution in [0.2, 0.25) is 0 Å². The second kappa shape index (κ2) is 6.88. The first kappa shape index (κ1) is 17.5. The van der Waals surface area contributed by atoms with Crippen LogP contribution >= 0.6 is 0 Å². The molecule has 1 fully saturated rings. The maximum Gasteiger partial charge on any atom is 0.255 e. The number of rotatable bonds is 4. The number of hydrogen-bond acceptors (Lipinski definition) is 3. The average molecular weight is 358 g/mol. The topological polar surface area (TPSA) is 66.5 Å². The summed E-state index contributed by atoms with van der Waals surface area (Å²) < 4.78 is 25.5. The van der Waals surface area contributed by atoms with E-state index in [0.29, 0.717) is 30.1 Å². The van der Waals surface area contributed by atoms with Gasteiger partial charge in [0, 0.05) is 17.8 Å². The summed E-state index contributed by atoms with van der Waals surface area (Å²) in [5, 5.41) is 2.89. The number of anilines is 2. The van der Waals surface area contributed by atoms with Crippen LogP contribution in [0.4, 0.5) is 11.4 Å². The molecule has 1 N–H and O–H groups in total. The van der Waals surface area contributed by atoms with E-state index in [0.717, 1.165) is 11.3 Å². The zero-order valence-electron chi connectivity index (χ0n) is 14.4. The van der Waals surface area contributed by atoms with Crippen molar-refractivity contribution < 1.29 is 13.2 Å². The average Bonchev–Trinajstić information content (AvgIpc) is 2.94. The molecule has 25 heavy (non-hydrogen) atoms. The van der Waals surface area contributed by atoms with Crippen molar-refractivity contribution in [3.8, 4) is 0 Å². The van der Waals surface area contributed by atoms with Crippen molar-refractivity contribution in [3.63, 3.8) is 0 Å². The van der Waals surface area contributed by atoms with Gasteiger partial charge in [-0.25, -0.2) is 8.42 Å². The fourth-order valence-electron chi connectivity index (χ4n) is 2.91. The fraction of sp³-hybridized carbons (Fsp3) is 0.316. The Morgan fingerprint density at radius 3 is 2.56 bits per heavy atom. The summed E-state index contributed by atoms with van der Waals surface area (Å²) in [7, 11) is -3.26. The molecule has 2 aromatic carbocycles. The lowest BCUT2D eigenvalue weighted by atomic mass is 10.0. The van der Waals surface area contributed by atoms with Crippen LogP contribution in [-0.4, -0.2) is 26.6 Å². The van der Waals surface area contributed by atoms with E-state index in [9.17, 15) is 13.2 Å². The lowest BCUT2D eigenvalue weighted by Crippen LogP contribution is -2.25. The van der Waals surface area contributed by atoms with Crippen LogP contribution in [0, 0.1) is 0 Å². The van der Waals surface area contributed by atoms with Crippen LogP contribution in [0.5, 0.6) is 0 Å². The highest BCUT2D eigenvalue weighted by Gasteiger charge is 2.28. The van der Waals surface area contributed by atoms with Crippen molar-refractivity contribution in [2.45, 2.75) is 26.2 Å². The van der Waals surface area contributed by atoms with E-state index in [2.05, 4.69) is 19.2 Å². The van der Waals surface area contributed by atoms with Gasteiger partial charge >= 0.3 is 0 Å². The van der Waals surface area contributed by atoms with Crippen molar-refractivity contribution in [2.75, 3.05) is 21.9 Å². The van der Waals surface area contributed by atoms with Gasteiger partial charge in [0.25, 0.3) is 5.91 Å². The lowest BCUT2D eigenvalue weighted by molar-refractivity contribution is 0.102. The molecule has 0 aromatic heterocycles. The van der Waals surface area contributed by atoms with E-state index < -0.39 is 10.0 Å². The minimum Gasteiger partial charge on any atom is -0.322 e. The van der Waals surface area contributed by atoms with Crippen LogP contribution in [0.15, 0.2) is 48.5 Å². The van der Waals surface area contributed by atoms with Gasteiger partial charge in [0.15, 0.2) is 0 Å². The molecule has 1 saturated heterocycles. The third-order valence-corrected chi connectivity index (χ3v) is 6.18. The van der Waals surface area contributed by atoms with Crippen LogP contribution in [0.25, 0.3) is 0 Å². The zero-order chi connectivity index (χ0) is 18.0. The molecule has 1 heterocycles. The Morgan fingerprint density at radius 2 is 1.88 bits per heavy atom. The van der Waals surface area contributed by atoms with Gasteiger partial charge in [0.2, 0.25) is 10.0 Å². The molecule has 5 nitrogen and oxygen atoms in total. The largest absolute Gasteiger partial charge is 0.322 e. The number of amides is 1. The molecular formula is C19H22N2O3S. The summed E-state index contributed by atoms with van der Waals surface area (Å²) in [6.07, 6.45) is 0.612. The van der Waals surface area contributed by atoms with E-state index >= 15 is 0 Å². The number of hydrogen-bond donors (Lipinski definition) is 1. The molecule has 0 atom stereocenters. The minimum absolute atomic E-state index is 0.158. The van der Waals surface area contributed by atoms with E-state index in [-0.39, 0.29) is 11.7 Å². The summed E-state index contributed by atoms with van der Waals surface area (Å²) in [6.45, 7) is 4.66. The highest BCUT2D eigenvalue weighted by Crippen LogP contribution is 2.25. The van der Waals surface area contributed by atoms with E-state index in [1.165, 1.54) is 4.31 Å². The molecule has 1 aliphatic heterocycles. The van der Waals surface area contributed by atoms with Gasteiger partial charge in [0.1, 0.15) is 0 Å². The number of nitrogens with zero attached hydrogens (tertiary/aromatic N) is 1. The Hall–Kier alpha value is -2.34. The molecule has 6 heteroatoms. The standard InChI is InChI=1S/C19H22N2O3S/c1-14(2)15-6-3-8-17(12-15)20-19(22)16-7-4-9-18(13-16)21-10-5-11-25(21,23)24/h3-4,6-9,12-14H,5,10-11H2,1-2H3,(H,20,22). The van der Waals surface area contributed by atoms with Gasteiger partial charge in [-0.3, -0.25) is 9.10 Å². The van der Waals surface area contributed by atoms with Gasteiger partial charge in [0.05, 0.1) is 11.4 Å². The Kier molecular flexibility index (Phi) is 4.81. The van der Waals surface area contributed by atoms with E-state index in [4.69, 9.17) is 0 Å². The van der Waals surface area contributed by atoms with Gasteiger partial charge in [-0.05, 0) is 48.2 Å². The molecule has 2 aromatic rings. The molecule has 0 bridgehead atoms. The molecule has 0 radical (unpaired) electrons. The molecule has 3 rings (SSSR count). The zero-order valence-corrected chi connectivity index (χ0v) is 15.2. The Morgan fingerprint density at radius 1 is 1.12 bits per heavy atom. The number of nitrogens with one attached hydrogen (secondary N) is 1. The van der Waals surface area contributed by atoms with Crippen LogP contribution in [0.3, 0.4) is 0 Å². The first-order valence-corrected chi connectivity index (χ1v) is 9.99. The fourth-order valence-corrected chi connectivity index (χ4v) is 4.47. The maximum absolute atomic E-state index is 12.5. The van der Waals surface area contributed by atoms with Gasteiger partial charge in [-0.1, -0.05) is 32.0 Å². The van der Waals surface area contributed by atoms with Crippen LogP contribution in [-0.2, 0) is 10.0 Å². The predicted octanol–water partition coefficient (Wildman–Crippen LogP) is 3.60. The Labute approximate surface area is 148 Å². The monoisotopic (exact) mass is 358 g/mol. The quantitative estimate of drug-likeness (QED) is 0.908. The number of carbonyl (C=O) groups excluding carboxylic acids is 1. The number of benzene rings is 2. The molecule has 0 saturated carbocycles.